The highest BCUT2D eigenvalue weighted by Gasteiger charge is 2.30. The second-order valence-electron chi connectivity index (χ2n) is 8.72. The molecule has 3 heterocycles. The van der Waals surface area contributed by atoms with E-state index in [1.54, 1.807) is 12.4 Å². The van der Waals surface area contributed by atoms with Crippen molar-refractivity contribution >= 4 is 23.0 Å². The van der Waals surface area contributed by atoms with Crippen LogP contribution >= 0.6 is 0 Å². The number of carboxylic acids is 1. The fraction of sp³-hybridized carbons (Fsp3) is 0.280. The van der Waals surface area contributed by atoms with Crippen molar-refractivity contribution in [2.75, 3.05) is 18.0 Å². The van der Waals surface area contributed by atoms with Gasteiger partial charge in [0.25, 0.3) is 0 Å². The van der Waals surface area contributed by atoms with Crippen LogP contribution in [0.4, 0.5) is 19.1 Å². The fourth-order valence-electron chi connectivity index (χ4n) is 4.44. The van der Waals surface area contributed by atoms with E-state index in [1.807, 2.05) is 29.2 Å². The lowest BCUT2D eigenvalue weighted by Crippen LogP contribution is -2.37. The Balaban J connectivity index is 1.31. The van der Waals surface area contributed by atoms with Crippen molar-refractivity contribution in [2.24, 2.45) is 5.92 Å². The molecule has 180 valence electrons. The number of imidazole rings is 1. The molecule has 1 atom stereocenters. The number of aliphatic carboxylic acids is 1. The molecule has 1 aliphatic rings. The van der Waals surface area contributed by atoms with Gasteiger partial charge in [-0.3, -0.25) is 4.79 Å². The number of alkyl halides is 3. The lowest BCUT2D eigenvalue weighted by molar-refractivity contribution is -0.138. The predicted molar refractivity (Wildman–Crippen MR) is 125 cm³/mol. The van der Waals surface area contributed by atoms with E-state index in [-0.39, 0.29) is 12.3 Å². The first-order chi connectivity index (χ1) is 16.8. The van der Waals surface area contributed by atoms with E-state index < -0.39 is 17.7 Å². The number of hydrogen-bond acceptors (Lipinski definition) is 5. The molecule has 2 aromatic carbocycles. The Morgan fingerprint density at radius 3 is 2.46 bits per heavy atom. The third kappa shape index (κ3) is 4.96. The van der Waals surface area contributed by atoms with Crippen LogP contribution in [0, 0.1) is 5.92 Å². The number of hydrogen-bond donors (Lipinski definition) is 2. The Kier molecular flexibility index (Phi) is 5.88. The zero-order valence-electron chi connectivity index (χ0n) is 18.6. The largest absolute Gasteiger partial charge is 0.481 e. The van der Waals surface area contributed by atoms with Gasteiger partial charge in [-0.1, -0.05) is 24.3 Å². The summed E-state index contributed by atoms with van der Waals surface area (Å²) >= 11 is 0. The molecule has 7 nitrogen and oxygen atoms in total. The Bertz CT molecular complexity index is 1350. The summed E-state index contributed by atoms with van der Waals surface area (Å²) in [6.07, 6.45) is 1.00. The second-order valence-corrected chi connectivity index (χ2v) is 8.72. The van der Waals surface area contributed by atoms with Gasteiger partial charge in [-0.15, -0.1) is 0 Å². The molecular formula is C25H22F3N5O2. The summed E-state index contributed by atoms with van der Waals surface area (Å²) < 4.78 is 38.9. The van der Waals surface area contributed by atoms with E-state index in [0.717, 1.165) is 48.2 Å². The van der Waals surface area contributed by atoms with Gasteiger partial charge in [-0.2, -0.15) is 13.2 Å². The summed E-state index contributed by atoms with van der Waals surface area (Å²) in [6.45, 7) is 1.43. The van der Waals surface area contributed by atoms with Crippen LogP contribution in [0.3, 0.4) is 0 Å². The third-order valence-electron chi connectivity index (χ3n) is 6.20. The van der Waals surface area contributed by atoms with Crippen molar-refractivity contribution in [2.45, 2.75) is 25.4 Å². The third-order valence-corrected chi connectivity index (χ3v) is 6.20. The van der Waals surface area contributed by atoms with Gasteiger partial charge in [0, 0.05) is 43.0 Å². The van der Waals surface area contributed by atoms with Gasteiger partial charge in [0.1, 0.15) is 5.82 Å². The Hall–Kier alpha value is -3.95. The standard InChI is InChI=1S/C25H22F3N5O2/c26-25(27,28)19-7-8-20-21(11-19)32-23(31-20)17-5-3-16(4-6-17)18-12-29-24(30-13-18)33-9-1-2-15(14-33)10-22(34)35/h3-8,11-13,15H,1-2,9-10,14H2,(H,31,32)(H,34,35). The molecule has 0 saturated carbocycles. The number of fused-ring (bicyclic) bond motifs is 1. The molecule has 1 unspecified atom stereocenters. The van der Waals surface area contributed by atoms with Crippen LogP contribution in [0.2, 0.25) is 0 Å². The maximum absolute atomic E-state index is 13.0. The monoisotopic (exact) mass is 481 g/mol. The Morgan fingerprint density at radius 2 is 1.77 bits per heavy atom. The highest BCUT2D eigenvalue weighted by Crippen LogP contribution is 2.32. The van der Waals surface area contributed by atoms with Gasteiger partial charge < -0.3 is 15.0 Å². The summed E-state index contributed by atoms with van der Waals surface area (Å²) in [5.41, 5.74) is 2.52. The minimum absolute atomic E-state index is 0.0929. The molecule has 35 heavy (non-hydrogen) atoms. The summed E-state index contributed by atoms with van der Waals surface area (Å²) in [7, 11) is 0. The predicted octanol–water partition coefficient (Wildman–Crippen LogP) is 5.40. The maximum Gasteiger partial charge on any atom is 0.416 e. The number of nitrogens with zero attached hydrogens (tertiary/aromatic N) is 4. The van der Waals surface area contributed by atoms with Crippen molar-refractivity contribution < 1.29 is 23.1 Å². The first-order valence-electron chi connectivity index (χ1n) is 11.2. The Morgan fingerprint density at radius 1 is 1.06 bits per heavy atom. The summed E-state index contributed by atoms with van der Waals surface area (Å²) in [4.78, 5) is 29.4. The molecule has 1 saturated heterocycles. The molecule has 4 aromatic rings. The molecule has 2 aromatic heterocycles. The molecule has 2 N–H and O–H groups in total. The number of H-pyrrole nitrogens is 1. The van der Waals surface area contributed by atoms with Crippen LogP contribution in [0.1, 0.15) is 24.8 Å². The van der Waals surface area contributed by atoms with Crippen LogP contribution in [-0.4, -0.2) is 44.1 Å². The van der Waals surface area contributed by atoms with E-state index in [2.05, 4.69) is 19.9 Å². The van der Waals surface area contributed by atoms with Crippen LogP contribution in [-0.2, 0) is 11.0 Å². The van der Waals surface area contributed by atoms with Gasteiger partial charge in [0.05, 0.1) is 16.6 Å². The quantitative estimate of drug-likeness (QED) is 0.397. The van der Waals surface area contributed by atoms with E-state index in [1.165, 1.54) is 6.07 Å². The number of nitrogens with one attached hydrogen (secondary N) is 1. The molecule has 1 fully saturated rings. The minimum Gasteiger partial charge on any atom is -0.481 e. The number of piperidine rings is 1. The number of aromatic amines is 1. The smallest absolute Gasteiger partial charge is 0.416 e. The van der Waals surface area contributed by atoms with E-state index in [0.29, 0.717) is 29.4 Å². The topological polar surface area (TPSA) is 95.0 Å². The highest BCUT2D eigenvalue weighted by molar-refractivity contribution is 5.80. The van der Waals surface area contributed by atoms with Gasteiger partial charge in [0.15, 0.2) is 0 Å². The van der Waals surface area contributed by atoms with E-state index >= 15 is 0 Å². The summed E-state index contributed by atoms with van der Waals surface area (Å²) in [5, 5.41) is 9.06. The molecule has 1 aliphatic heterocycles. The van der Waals surface area contributed by atoms with Crippen molar-refractivity contribution in [3.8, 4) is 22.5 Å². The van der Waals surface area contributed by atoms with Crippen molar-refractivity contribution in [1.29, 1.82) is 0 Å². The molecule has 5 rings (SSSR count). The Labute approximate surface area is 198 Å². The number of anilines is 1. The molecule has 0 amide bonds. The molecule has 10 heteroatoms. The molecule has 0 aliphatic carbocycles. The molecule has 0 bridgehead atoms. The molecule has 0 spiro atoms. The number of carbonyl (C=O) groups is 1. The zero-order chi connectivity index (χ0) is 24.6. The average molecular weight is 481 g/mol. The van der Waals surface area contributed by atoms with Gasteiger partial charge in [-0.25, -0.2) is 15.0 Å². The van der Waals surface area contributed by atoms with Gasteiger partial charge in [-0.05, 0) is 42.5 Å². The number of carboxylic acid groups (broad SMARTS) is 1. The second kappa shape index (κ2) is 9.01. The van der Waals surface area contributed by atoms with Crippen LogP contribution in [0.5, 0.6) is 0 Å². The first kappa shape index (κ1) is 22.8. The highest BCUT2D eigenvalue weighted by atomic mass is 19.4. The normalized spacial score (nSPS) is 16.5. The maximum atomic E-state index is 13.0. The SMILES string of the molecule is O=C(O)CC1CCCN(c2ncc(-c3ccc(-c4nc5ccc(C(F)(F)F)cc5[nH]4)cc3)cn2)C1. The fourth-order valence-corrected chi connectivity index (χ4v) is 4.44. The van der Waals surface area contributed by atoms with Gasteiger partial charge >= 0.3 is 12.1 Å². The lowest BCUT2D eigenvalue weighted by atomic mass is 9.95. The number of halogens is 3. The van der Waals surface area contributed by atoms with Crippen molar-refractivity contribution in [3.63, 3.8) is 0 Å². The average Bonchev–Trinajstić information content (AvgIpc) is 3.27. The number of aromatic nitrogens is 4. The van der Waals surface area contributed by atoms with Crippen LogP contribution in [0.25, 0.3) is 33.5 Å². The zero-order valence-corrected chi connectivity index (χ0v) is 18.6. The number of rotatable bonds is 5. The van der Waals surface area contributed by atoms with Gasteiger partial charge in [0.2, 0.25) is 5.95 Å². The first-order valence-corrected chi connectivity index (χ1v) is 11.2. The summed E-state index contributed by atoms with van der Waals surface area (Å²) in [5.74, 6) is 0.375. The van der Waals surface area contributed by atoms with Crippen molar-refractivity contribution in [3.05, 3.63) is 60.4 Å². The molecule has 0 radical (unpaired) electrons. The van der Waals surface area contributed by atoms with Crippen LogP contribution < -0.4 is 4.90 Å². The number of benzene rings is 2. The summed E-state index contributed by atoms with van der Waals surface area (Å²) in [6, 6.07) is 10.9. The molecular weight excluding hydrogens is 459 g/mol. The van der Waals surface area contributed by atoms with Crippen LogP contribution in [0.15, 0.2) is 54.9 Å². The van der Waals surface area contributed by atoms with E-state index in [9.17, 15) is 18.0 Å². The van der Waals surface area contributed by atoms with Crippen molar-refractivity contribution in [1.82, 2.24) is 19.9 Å². The minimum atomic E-state index is -4.41. The lowest BCUT2D eigenvalue weighted by Gasteiger charge is -2.32. The van der Waals surface area contributed by atoms with E-state index in [4.69, 9.17) is 5.11 Å².